The molecule has 15 heterocycles. The Morgan fingerprint density at radius 2 is 0.644 bits per heavy atom. The molecule has 0 atom stereocenters. The summed E-state index contributed by atoms with van der Waals surface area (Å²) in [5.74, 6) is 6.87. The molecule has 149 heavy (non-hydrogen) atoms. The van der Waals surface area contributed by atoms with Gasteiger partial charge in [0, 0.05) is 259 Å². The van der Waals surface area contributed by atoms with E-state index in [4.69, 9.17) is 45.7 Å². The van der Waals surface area contributed by atoms with Crippen LogP contribution in [0.1, 0.15) is 101 Å². The SMILES string of the molecule is CCN(Cc1cc(N2CCN(C)CC2)nc(C)n1)c1cc(C)cc2cccnc12.Cc1nc(CN(C)c2cccc3cccnc23)c(C)c(N2CCN(C)CC2)n1.Cc1nc(CN(C)c2cccc3cccnc23)c(F)c(N2CCN(C)CC2)n1.Cc1nc(CN(CCCC(=O)O)c2cccc3cccnc23)cc(N2CCN(C)CC2)n1.Cc1nc(CN(CCCC(N)=O)c2cccc3cccnc23)cc(N2CCN(C)CC2)n1. The van der Waals surface area contributed by atoms with Gasteiger partial charge in [0.2, 0.25) is 5.91 Å². The second-order valence-electron chi connectivity index (χ2n) is 39.7. The van der Waals surface area contributed by atoms with Crippen LogP contribution in [-0.2, 0) is 42.3 Å². The topological polar surface area (TPSA) is 322 Å². The van der Waals surface area contributed by atoms with Crippen LogP contribution in [0.4, 0.5) is 61.9 Å². The number of pyridine rings is 5. The third-order valence-electron chi connectivity index (χ3n) is 28.1. The number of rotatable bonds is 29. The number of aromatic nitrogens is 15. The standard InChI is InChI=1S/C24H31N7O.C24H30N6O2.C23H30N6.C22H28N6.C21H25FN6/c1-18-27-20(16-23(28-18)30-14-12-29(2)13-15-30)17-31(11-5-9-22(25)32)21-8-3-6-19-7-4-10-26-24(19)21;1-18-26-20(16-22(27-18)29-14-12-28(2)13-15-29)17-30(11-5-9-23(31)32)21-8-3-6-19-7-4-10-25-24(19)21;1-5-28(21-14-17(2)13-19-7-6-8-24-23(19)21)16-20-15-22(26-18(3)25-20)29-11-9-27(4)10-12-29;1-16-19(24-17(2)25-22(16)28-13-11-26(3)12-14-28)15-27(4)20-9-5-7-18-8-6-10-23-21(18)20;1-15-24-17(19(22)21(25-15)28-12-10-26(2)11-13-28)14-27(3)18-8-4-6-16-7-5-9-23-20(16)18/h3-4,6-8,10,16H,5,9,11-15,17H2,1-2H3,(H2,25,32);3-4,6-8,10,16H,5,9,11-15,17H2,1-2H3,(H,31,32);6-8,13-15H,5,9-12,16H2,1-4H3;5-10H,11-15H2,1-4H3;4-9H,10-14H2,1-3H3. The number of anilines is 10. The van der Waals surface area contributed by atoms with E-state index in [2.05, 4.69) is 245 Å². The van der Waals surface area contributed by atoms with Crippen LogP contribution in [0.3, 0.4) is 0 Å². The van der Waals surface area contributed by atoms with Gasteiger partial charge in [0.15, 0.2) is 11.6 Å². The number of nitrogens with two attached hydrogens (primary N) is 1. The Morgan fingerprint density at radius 1 is 0.336 bits per heavy atom. The van der Waals surface area contributed by atoms with E-state index in [1.165, 1.54) is 22.2 Å². The van der Waals surface area contributed by atoms with E-state index in [9.17, 15) is 9.59 Å². The summed E-state index contributed by atoms with van der Waals surface area (Å²) in [6.45, 7) is 40.9. The molecule has 780 valence electrons. The van der Waals surface area contributed by atoms with Gasteiger partial charge in [-0.15, -0.1) is 0 Å². The lowest BCUT2D eigenvalue weighted by molar-refractivity contribution is -0.137. The summed E-state index contributed by atoms with van der Waals surface area (Å²) >= 11 is 0. The second-order valence-corrected chi connectivity index (χ2v) is 39.7. The van der Waals surface area contributed by atoms with Crippen LogP contribution in [-0.4, -0.2) is 316 Å². The number of para-hydroxylation sites is 4. The van der Waals surface area contributed by atoms with Crippen LogP contribution in [0.15, 0.2) is 195 Å². The first-order valence-electron chi connectivity index (χ1n) is 52.0. The van der Waals surface area contributed by atoms with E-state index < -0.39 is 5.97 Å². The minimum atomic E-state index is -0.781. The Hall–Kier alpha value is -14.8. The number of aliphatic carboxylic acids is 1. The van der Waals surface area contributed by atoms with Crippen molar-refractivity contribution in [2.45, 2.75) is 114 Å². The molecule has 5 aliphatic heterocycles. The van der Waals surface area contributed by atoms with E-state index >= 15 is 4.39 Å². The first kappa shape index (κ1) is 107. The van der Waals surface area contributed by atoms with Crippen molar-refractivity contribution in [2.24, 2.45) is 5.73 Å². The number of carboxylic acid groups (broad SMARTS) is 1. The zero-order valence-corrected chi connectivity index (χ0v) is 89.2. The molecule has 34 nitrogen and oxygen atoms in total. The van der Waals surface area contributed by atoms with Crippen LogP contribution < -0.4 is 54.7 Å². The number of aryl methyl sites for hydroxylation is 6. The van der Waals surface area contributed by atoms with Crippen LogP contribution in [0.25, 0.3) is 54.5 Å². The molecule has 0 saturated carbocycles. The summed E-state index contributed by atoms with van der Waals surface area (Å²) in [4.78, 5) is 126. The lowest BCUT2D eigenvalue weighted by atomic mass is 10.1. The van der Waals surface area contributed by atoms with E-state index in [1.54, 1.807) is 12.4 Å². The van der Waals surface area contributed by atoms with Gasteiger partial charge in [-0.25, -0.2) is 54.2 Å². The van der Waals surface area contributed by atoms with Crippen molar-refractivity contribution in [1.82, 2.24) is 99.3 Å². The Bertz CT molecular complexity index is 6690. The molecule has 20 rings (SSSR count). The Balaban J connectivity index is 0.000000133. The van der Waals surface area contributed by atoms with E-state index in [1.807, 2.05) is 155 Å². The number of hydrogen-bond donors (Lipinski definition) is 2. The molecule has 15 aromatic rings. The number of nitrogens with zero attached hydrogens (tertiary/aromatic N) is 30. The van der Waals surface area contributed by atoms with Gasteiger partial charge >= 0.3 is 5.97 Å². The molecule has 10 aromatic heterocycles. The quantitative estimate of drug-likeness (QED) is 0.0440. The number of carbonyl (C=O) groups is 2. The molecule has 0 unspecified atom stereocenters. The number of hydrogen-bond acceptors (Lipinski definition) is 32. The van der Waals surface area contributed by atoms with Gasteiger partial charge in [-0.05, 0) is 176 Å². The lowest BCUT2D eigenvalue weighted by Gasteiger charge is -2.34. The minimum absolute atomic E-state index is 0.129. The first-order chi connectivity index (χ1) is 72.1. The number of benzene rings is 5. The van der Waals surface area contributed by atoms with Crippen LogP contribution in [0.5, 0.6) is 0 Å². The number of halogens is 1. The fourth-order valence-electron chi connectivity index (χ4n) is 19.8. The molecule has 5 aromatic carbocycles. The van der Waals surface area contributed by atoms with Gasteiger partial charge in [-0.3, -0.25) is 34.5 Å². The van der Waals surface area contributed by atoms with E-state index in [0.717, 1.165) is 292 Å². The molecule has 0 radical (unpaired) electrons. The highest BCUT2D eigenvalue weighted by Crippen LogP contribution is 2.36. The lowest BCUT2D eigenvalue weighted by Crippen LogP contribution is -2.45. The summed E-state index contributed by atoms with van der Waals surface area (Å²) < 4.78 is 15.3. The first-order valence-corrected chi connectivity index (χ1v) is 52.0. The zero-order valence-electron chi connectivity index (χ0n) is 89.2. The van der Waals surface area contributed by atoms with E-state index in [-0.39, 0.29) is 18.1 Å². The van der Waals surface area contributed by atoms with Crippen LogP contribution in [0.2, 0.25) is 0 Å². The average Bonchev–Trinajstić information content (AvgIpc) is 0.793. The van der Waals surface area contributed by atoms with Gasteiger partial charge in [0.1, 0.15) is 58.1 Å². The number of likely N-dealkylation sites (N-methyl/N-ethyl adjacent to an activating group) is 5. The maximum atomic E-state index is 15.3. The van der Waals surface area contributed by atoms with Crippen molar-refractivity contribution in [3.8, 4) is 0 Å². The third-order valence-corrected chi connectivity index (χ3v) is 28.1. The predicted molar refractivity (Wildman–Crippen MR) is 599 cm³/mol. The number of amides is 1. The highest BCUT2D eigenvalue weighted by molar-refractivity contribution is 5.95. The van der Waals surface area contributed by atoms with Crippen molar-refractivity contribution in [1.29, 1.82) is 0 Å². The van der Waals surface area contributed by atoms with E-state index in [0.29, 0.717) is 69.3 Å². The molecule has 5 fully saturated rings. The maximum Gasteiger partial charge on any atom is 0.303 e. The Labute approximate surface area is 875 Å². The fourth-order valence-corrected chi connectivity index (χ4v) is 19.8. The van der Waals surface area contributed by atoms with Crippen molar-refractivity contribution in [2.75, 3.05) is 249 Å². The van der Waals surface area contributed by atoms with Crippen molar-refractivity contribution in [3.05, 3.63) is 269 Å². The number of fused-ring (bicyclic) bond motifs is 5. The van der Waals surface area contributed by atoms with Crippen LogP contribution >= 0.6 is 0 Å². The van der Waals surface area contributed by atoms with Gasteiger partial charge < -0.3 is 84.3 Å². The molecule has 0 spiro atoms. The smallest absolute Gasteiger partial charge is 0.303 e. The van der Waals surface area contributed by atoms with Gasteiger partial charge in [0.25, 0.3) is 0 Å². The predicted octanol–water partition coefficient (Wildman–Crippen LogP) is 14.6. The molecule has 5 aliphatic rings. The van der Waals surface area contributed by atoms with Crippen molar-refractivity contribution >= 4 is 124 Å². The fraction of sp³-hybridized carbons (Fsp3) is 0.412. The summed E-state index contributed by atoms with van der Waals surface area (Å²) in [6.07, 6.45) is 10.8. The molecule has 3 N–H and O–H groups in total. The molecular weight excluding hydrogens is 1870 g/mol. The van der Waals surface area contributed by atoms with Crippen molar-refractivity contribution in [3.63, 3.8) is 0 Å². The normalized spacial score (nSPS) is 14.9. The minimum Gasteiger partial charge on any atom is -0.481 e. The molecule has 0 bridgehead atoms. The number of carbonyl (C=O) groups excluding carboxylic acids is 1. The summed E-state index contributed by atoms with van der Waals surface area (Å²) in [5.41, 5.74) is 22.3. The molecule has 5 saturated heterocycles. The second kappa shape index (κ2) is 50.8. The monoisotopic (exact) mass is 2010 g/mol. The Morgan fingerprint density at radius 3 is 1.02 bits per heavy atom. The maximum absolute atomic E-state index is 15.3. The summed E-state index contributed by atoms with van der Waals surface area (Å²) in [6, 6.07) is 55.5. The van der Waals surface area contributed by atoms with Gasteiger partial charge in [0.05, 0.1) is 112 Å². The zero-order chi connectivity index (χ0) is 105. The number of carboxylic acids is 1. The number of piperazine rings is 5. The largest absolute Gasteiger partial charge is 0.481 e. The highest BCUT2D eigenvalue weighted by atomic mass is 19.1. The molecular formula is C114H144FN31O3. The van der Waals surface area contributed by atoms with Crippen LogP contribution in [0, 0.1) is 54.3 Å². The average molecular weight is 2020 g/mol. The Kier molecular flexibility index (Phi) is 36.4. The third kappa shape index (κ3) is 28.4. The van der Waals surface area contributed by atoms with Gasteiger partial charge in [-0.2, -0.15) is 0 Å². The summed E-state index contributed by atoms with van der Waals surface area (Å²) in [5, 5.41) is 14.7. The molecule has 1 amide bonds. The summed E-state index contributed by atoms with van der Waals surface area (Å²) in [7, 11) is 14.8. The number of primary amides is 1. The molecule has 0 aliphatic carbocycles. The van der Waals surface area contributed by atoms with Gasteiger partial charge in [-0.1, -0.05) is 78.9 Å². The highest BCUT2D eigenvalue weighted by Gasteiger charge is 2.29. The molecule has 35 heteroatoms. The van der Waals surface area contributed by atoms with Crippen molar-refractivity contribution < 1.29 is 19.1 Å².